The lowest BCUT2D eigenvalue weighted by Gasteiger charge is -2.33. The van der Waals surface area contributed by atoms with E-state index in [9.17, 15) is 22.8 Å². The van der Waals surface area contributed by atoms with E-state index >= 15 is 0 Å². The molecule has 0 radical (unpaired) electrons. The summed E-state index contributed by atoms with van der Waals surface area (Å²) >= 11 is 0. The van der Waals surface area contributed by atoms with Crippen molar-refractivity contribution < 1.29 is 32.2 Å². The van der Waals surface area contributed by atoms with Gasteiger partial charge in [-0.1, -0.05) is 12.1 Å². The molecule has 1 aliphatic heterocycles. The Bertz CT molecular complexity index is 733. The van der Waals surface area contributed by atoms with Crippen LogP contribution in [0.25, 0.3) is 5.57 Å². The number of hydrogen-bond acceptors (Lipinski definition) is 4. The molecule has 0 saturated heterocycles. The van der Waals surface area contributed by atoms with E-state index in [-0.39, 0.29) is 6.42 Å². The number of halogens is 3. The van der Waals surface area contributed by atoms with Crippen molar-refractivity contribution in [1.29, 1.82) is 0 Å². The van der Waals surface area contributed by atoms with E-state index in [1.54, 1.807) is 20.8 Å². The van der Waals surface area contributed by atoms with Crippen LogP contribution in [0.2, 0.25) is 0 Å². The summed E-state index contributed by atoms with van der Waals surface area (Å²) in [6.45, 7) is 5.09. The van der Waals surface area contributed by atoms with Crippen molar-refractivity contribution in [3.63, 3.8) is 0 Å². The Balaban J connectivity index is 2.34. The van der Waals surface area contributed by atoms with Crippen LogP contribution in [0.4, 0.5) is 18.0 Å². The molecule has 27 heavy (non-hydrogen) atoms. The highest BCUT2D eigenvalue weighted by Crippen LogP contribution is 2.33. The predicted molar refractivity (Wildman–Crippen MR) is 92.5 cm³/mol. The fourth-order valence-electron chi connectivity index (χ4n) is 2.71. The number of esters is 1. The largest absolute Gasteiger partial charge is 0.467 e. The second-order valence-electron chi connectivity index (χ2n) is 7.19. The number of alkyl halides is 3. The van der Waals surface area contributed by atoms with Gasteiger partial charge >= 0.3 is 18.2 Å². The molecule has 1 aromatic carbocycles. The minimum atomic E-state index is -4.42. The van der Waals surface area contributed by atoms with E-state index in [2.05, 4.69) is 0 Å². The number of carbonyl (C=O) groups excluding carboxylic acids is 2. The van der Waals surface area contributed by atoms with Crippen molar-refractivity contribution in [3.8, 4) is 0 Å². The fraction of sp³-hybridized carbons (Fsp3) is 0.474. The van der Waals surface area contributed by atoms with Gasteiger partial charge in [0.15, 0.2) is 0 Å². The highest BCUT2D eigenvalue weighted by Gasteiger charge is 2.36. The molecule has 0 fully saturated rings. The highest BCUT2D eigenvalue weighted by atomic mass is 19.4. The van der Waals surface area contributed by atoms with Gasteiger partial charge in [-0.3, -0.25) is 4.90 Å². The Morgan fingerprint density at radius 3 is 2.19 bits per heavy atom. The minimum Gasteiger partial charge on any atom is -0.467 e. The SMILES string of the molecule is COC(=O)C1CCC(c2ccc(C(F)(F)F)cc2)=CN1C(=O)OC(C)(C)C. The molecule has 148 valence electrons. The number of rotatable bonds is 2. The van der Waals surface area contributed by atoms with Crippen LogP contribution in [0.1, 0.15) is 44.7 Å². The molecule has 0 N–H and O–H groups in total. The summed E-state index contributed by atoms with van der Waals surface area (Å²) < 4.78 is 48.3. The number of benzene rings is 1. The number of nitrogens with zero attached hydrogens (tertiary/aromatic N) is 1. The van der Waals surface area contributed by atoms with Gasteiger partial charge in [-0.15, -0.1) is 0 Å². The summed E-state index contributed by atoms with van der Waals surface area (Å²) in [4.78, 5) is 25.7. The Morgan fingerprint density at radius 1 is 1.11 bits per heavy atom. The van der Waals surface area contributed by atoms with Gasteiger partial charge in [-0.2, -0.15) is 13.2 Å². The first-order valence-corrected chi connectivity index (χ1v) is 8.40. The summed E-state index contributed by atoms with van der Waals surface area (Å²) in [5.74, 6) is -0.580. The van der Waals surface area contributed by atoms with Crippen LogP contribution in [-0.2, 0) is 20.4 Å². The normalized spacial score (nSPS) is 18.0. The van der Waals surface area contributed by atoms with Crippen molar-refractivity contribution in [2.45, 2.75) is 51.4 Å². The van der Waals surface area contributed by atoms with Crippen molar-refractivity contribution in [2.75, 3.05) is 7.11 Å². The molecule has 1 atom stereocenters. The molecular weight excluding hydrogens is 363 g/mol. The van der Waals surface area contributed by atoms with E-state index in [1.807, 2.05) is 0 Å². The summed E-state index contributed by atoms with van der Waals surface area (Å²) in [5, 5.41) is 0. The predicted octanol–water partition coefficient (Wildman–Crippen LogP) is 4.62. The molecule has 1 amide bonds. The van der Waals surface area contributed by atoms with Gasteiger partial charge in [0.05, 0.1) is 12.7 Å². The summed E-state index contributed by atoms with van der Waals surface area (Å²) in [5.41, 5.74) is -0.342. The third-order valence-corrected chi connectivity index (χ3v) is 3.98. The standard InChI is InChI=1S/C19H22F3NO4/c1-18(2,3)27-17(25)23-11-13(7-10-15(23)16(24)26-4)12-5-8-14(9-6-12)19(20,21)22/h5-6,8-9,11,15H,7,10H2,1-4H3. The maximum absolute atomic E-state index is 12.7. The zero-order valence-corrected chi connectivity index (χ0v) is 15.6. The molecule has 2 rings (SSSR count). The Hall–Kier alpha value is -2.51. The number of carbonyl (C=O) groups is 2. The van der Waals surface area contributed by atoms with Crippen LogP contribution in [0, 0.1) is 0 Å². The van der Waals surface area contributed by atoms with Crippen LogP contribution in [0.5, 0.6) is 0 Å². The van der Waals surface area contributed by atoms with Gasteiger partial charge in [0, 0.05) is 6.20 Å². The van der Waals surface area contributed by atoms with Gasteiger partial charge in [0.25, 0.3) is 0 Å². The lowest BCUT2D eigenvalue weighted by Crippen LogP contribution is -2.46. The zero-order valence-electron chi connectivity index (χ0n) is 15.6. The van der Waals surface area contributed by atoms with Gasteiger partial charge in [0.1, 0.15) is 11.6 Å². The van der Waals surface area contributed by atoms with E-state index in [0.29, 0.717) is 17.6 Å². The van der Waals surface area contributed by atoms with Crippen molar-refractivity contribution >= 4 is 17.6 Å². The van der Waals surface area contributed by atoms with Crippen LogP contribution in [0.3, 0.4) is 0 Å². The number of ether oxygens (including phenoxy) is 2. The molecule has 0 aromatic heterocycles. The third kappa shape index (κ3) is 5.24. The van der Waals surface area contributed by atoms with Crippen LogP contribution < -0.4 is 0 Å². The molecule has 1 heterocycles. The number of amides is 1. The molecular formula is C19H22F3NO4. The topological polar surface area (TPSA) is 55.8 Å². The maximum Gasteiger partial charge on any atom is 0.416 e. The molecule has 0 saturated carbocycles. The number of allylic oxidation sites excluding steroid dienone is 1. The molecule has 1 aromatic rings. The third-order valence-electron chi connectivity index (χ3n) is 3.98. The van der Waals surface area contributed by atoms with Crippen LogP contribution in [-0.4, -0.2) is 35.7 Å². The second kappa shape index (κ2) is 7.62. The van der Waals surface area contributed by atoms with Crippen molar-refractivity contribution in [1.82, 2.24) is 4.90 Å². The first kappa shape index (κ1) is 20.8. The van der Waals surface area contributed by atoms with Crippen LogP contribution in [0.15, 0.2) is 30.5 Å². The summed E-state index contributed by atoms with van der Waals surface area (Å²) in [7, 11) is 1.23. The van der Waals surface area contributed by atoms with E-state index in [4.69, 9.17) is 9.47 Å². The quantitative estimate of drug-likeness (QED) is 0.697. The van der Waals surface area contributed by atoms with E-state index in [1.165, 1.54) is 25.4 Å². The Morgan fingerprint density at radius 2 is 1.70 bits per heavy atom. The number of methoxy groups -OCH3 is 1. The molecule has 0 aliphatic carbocycles. The highest BCUT2D eigenvalue weighted by molar-refractivity contribution is 5.85. The van der Waals surface area contributed by atoms with Crippen molar-refractivity contribution in [2.24, 2.45) is 0 Å². The molecule has 5 nitrogen and oxygen atoms in total. The summed E-state index contributed by atoms with van der Waals surface area (Å²) in [6, 6.07) is 3.82. The summed E-state index contributed by atoms with van der Waals surface area (Å²) in [6.07, 6.45) is -3.01. The van der Waals surface area contributed by atoms with Crippen LogP contribution >= 0.6 is 0 Å². The minimum absolute atomic E-state index is 0.277. The lowest BCUT2D eigenvalue weighted by molar-refractivity contribution is -0.146. The first-order chi connectivity index (χ1) is 12.4. The second-order valence-corrected chi connectivity index (χ2v) is 7.19. The van der Waals surface area contributed by atoms with E-state index < -0.39 is 35.4 Å². The monoisotopic (exact) mass is 385 g/mol. The Labute approximate surface area is 155 Å². The molecule has 1 unspecified atom stereocenters. The Kier molecular flexibility index (Phi) is 5.87. The van der Waals surface area contributed by atoms with Crippen molar-refractivity contribution in [3.05, 3.63) is 41.6 Å². The fourth-order valence-corrected chi connectivity index (χ4v) is 2.71. The van der Waals surface area contributed by atoms with Gasteiger partial charge < -0.3 is 9.47 Å². The average Bonchev–Trinajstić information content (AvgIpc) is 2.58. The lowest BCUT2D eigenvalue weighted by atomic mass is 9.94. The number of hydrogen-bond donors (Lipinski definition) is 0. The smallest absolute Gasteiger partial charge is 0.416 e. The molecule has 1 aliphatic rings. The zero-order chi connectivity index (χ0) is 20.4. The molecule has 0 spiro atoms. The van der Waals surface area contributed by atoms with Gasteiger partial charge in [-0.25, -0.2) is 9.59 Å². The average molecular weight is 385 g/mol. The van der Waals surface area contributed by atoms with E-state index in [0.717, 1.165) is 17.0 Å². The van der Waals surface area contributed by atoms with Gasteiger partial charge in [-0.05, 0) is 56.9 Å². The van der Waals surface area contributed by atoms with Gasteiger partial charge in [0.2, 0.25) is 0 Å². The maximum atomic E-state index is 12.7. The molecule has 8 heteroatoms. The first-order valence-electron chi connectivity index (χ1n) is 8.40. The molecule has 0 bridgehead atoms.